The zero-order valence-electron chi connectivity index (χ0n) is 12.5. The average molecular weight is 294 g/mol. The number of carbonyl (C=O) groups excluding carboxylic acids is 2. The van der Waals surface area contributed by atoms with Gasteiger partial charge in [0.05, 0.1) is 6.54 Å². The third-order valence-electron chi connectivity index (χ3n) is 3.85. The van der Waals surface area contributed by atoms with Crippen molar-refractivity contribution in [1.82, 2.24) is 10.2 Å². The molecule has 22 heavy (non-hydrogen) atoms. The van der Waals surface area contributed by atoms with Gasteiger partial charge < -0.3 is 5.32 Å². The number of amides is 3. The molecule has 3 rings (SSSR count). The van der Waals surface area contributed by atoms with Crippen molar-refractivity contribution in [2.75, 3.05) is 0 Å². The molecule has 1 aliphatic heterocycles. The molecule has 1 N–H and O–H groups in total. The molecule has 1 aliphatic rings. The summed E-state index contributed by atoms with van der Waals surface area (Å²) in [7, 11) is 0. The molecule has 0 saturated carbocycles. The van der Waals surface area contributed by atoms with Gasteiger partial charge in [0.2, 0.25) is 0 Å². The van der Waals surface area contributed by atoms with E-state index < -0.39 is 6.04 Å². The van der Waals surface area contributed by atoms with E-state index in [-0.39, 0.29) is 11.9 Å². The van der Waals surface area contributed by atoms with Gasteiger partial charge in [-0.25, -0.2) is 4.79 Å². The zero-order valence-corrected chi connectivity index (χ0v) is 12.5. The number of aryl methyl sites for hydroxylation is 1. The van der Waals surface area contributed by atoms with Crippen LogP contribution in [0.2, 0.25) is 0 Å². The summed E-state index contributed by atoms with van der Waals surface area (Å²) in [5, 5.41) is 2.77. The first-order valence-electron chi connectivity index (χ1n) is 7.35. The zero-order chi connectivity index (χ0) is 15.5. The number of urea groups is 1. The fourth-order valence-corrected chi connectivity index (χ4v) is 2.59. The maximum Gasteiger partial charge on any atom is 0.325 e. The Morgan fingerprint density at radius 3 is 2.32 bits per heavy atom. The Labute approximate surface area is 129 Å². The molecule has 1 saturated heterocycles. The lowest BCUT2D eigenvalue weighted by Crippen LogP contribution is -2.32. The van der Waals surface area contributed by atoms with Crippen molar-refractivity contribution in [3.05, 3.63) is 71.3 Å². The van der Waals surface area contributed by atoms with Gasteiger partial charge in [0.1, 0.15) is 6.04 Å². The summed E-state index contributed by atoms with van der Waals surface area (Å²) in [5.74, 6) is -0.158. The van der Waals surface area contributed by atoms with Crippen LogP contribution in [0.5, 0.6) is 0 Å². The fraction of sp³-hybridized carbons (Fsp3) is 0.222. The van der Waals surface area contributed by atoms with E-state index in [9.17, 15) is 9.59 Å². The van der Waals surface area contributed by atoms with Crippen molar-refractivity contribution in [2.24, 2.45) is 0 Å². The van der Waals surface area contributed by atoms with Crippen LogP contribution in [0, 0.1) is 6.92 Å². The molecular weight excluding hydrogens is 276 g/mol. The largest absolute Gasteiger partial charge is 0.325 e. The summed E-state index contributed by atoms with van der Waals surface area (Å²) >= 11 is 0. The molecule has 4 heteroatoms. The first kappa shape index (κ1) is 14.3. The van der Waals surface area contributed by atoms with Crippen molar-refractivity contribution in [2.45, 2.75) is 25.9 Å². The van der Waals surface area contributed by atoms with Crippen LogP contribution in [0.25, 0.3) is 0 Å². The third-order valence-corrected chi connectivity index (χ3v) is 3.85. The number of hydrogen-bond acceptors (Lipinski definition) is 2. The summed E-state index contributed by atoms with van der Waals surface area (Å²) in [6.07, 6.45) is 0.524. The van der Waals surface area contributed by atoms with Crippen molar-refractivity contribution < 1.29 is 9.59 Å². The minimum absolute atomic E-state index is 0.158. The van der Waals surface area contributed by atoms with Gasteiger partial charge in [0.25, 0.3) is 5.91 Å². The molecule has 0 aromatic heterocycles. The van der Waals surface area contributed by atoms with Crippen LogP contribution in [0.3, 0.4) is 0 Å². The Balaban J connectivity index is 1.70. The summed E-state index contributed by atoms with van der Waals surface area (Å²) < 4.78 is 0. The minimum atomic E-state index is -0.472. The minimum Gasteiger partial charge on any atom is -0.325 e. The molecule has 4 nitrogen and oxygen atoms in total. The summed E-state index contributed by atoms with van der Waals surface area (Å²) in [6, 6.07) is 16.8. The van der Waals surface area contributed by atoms with E-state index in [1.54, 1.807) is 0 Å². The van der Waals surface area contributed by atoms with E-state index in [1.807, 2.05) is 61.5 Å². The fourth-order valence-electron chi connectivity index (χ4n) is 2.59. The number of nitrogens with one attached hydrogen (secondary N) is 1. The molecule has 3 amide bonds. The van der Waals surface area contributed by atoms with Crippen LogP contribution >= 0.6 is 0 Å². The van der Waals surface area contributed by atoms with Crippen LogP contribution in [0.4, 0.5) is 4.79 Å². The topological polar surface area (TPSA) is 49.4 Å². The highest BCUT2D eigenvalue weighted by molar-refractivity contribution is 6.04. The number of nitrogens with zero attached hydrogens (tertiary/aromatic N) is 1. The maximum atomic E-state index is 12.4. The molecule has 0 radical (unpaired) electrons. The molecule has 0 aliphatic carbocycles. The van der Waals surface area contributed by atoms with Crippen molar-refractivity contribution in [1.29, 1.82) is 0 Å². The number of hydrogen-bond donors (Lipinski definition) is 1. The number of benzene rings is 2. The van der Waals surface area contributed by atoms with Crippen LogP contribution in [-0.2, 0) is 17.8 Å². The average Bonchev–Trinajstić information content (AvgIpc) is 2.78. The molecule has 1 fully saturated rings. The second-order valence-electron chi connectivity index (χ2n) is 5.60. The molecular formula is C18H18N2O2. The molecule has 2 aromatic carbocycles. The van der Waals surface area contributed by atoms with Gasteiger partial charge in [0.15, 0.2) is 0 Å². The molecule has 0 bridgehead atoms. The van der Waals surface area contributed by atoms with Gasteiger partial charge in [0, 0.05) is 6.42 Å². The second-order valence-corrected chi connectivity index (χ2v) is 5.60. The highest BCUT2D eigenvalue weighted by atomic mass is 16.2. The van der Waals surface area contributed by atoms with E-state index in [2.05, 4.69) is 5.32 Å². The summed E-state index contributed by atoms with van der Waals surface area (Å²) in [5.41, 5.74) is 3.15. The van der Waals surface area contributed by atoms with Gasteiger partial charge in [-0.2, -0.15) is 0 Å². The lowest BCUT2D eigenvalue weighted by atomic mass is 10.1. The summed E-state index contributed by atoms with van der Waals surface area (Å²) in [4.78, 5) is 25.8. The highest BCUT2D eigenvalue weighted by Gasteiger charge is 2.37. The first-order valence-corrected chi connectivity index (χ1v) is 7.35. The molecule has 1 atom stereocenters. The van der Waals surface area contributed by atoms with Gasteiger partial charge in [-0.15, -0.1) is 0 Å². The normalized spacial score (nSPS) is 17.7. The molecule has 1 unspecified atom stereocenters. The smallest absolute Gasteiger partial charge is 0.325 e. The Kier molecular flexibility index (Phi) is 3.92. The Morgan fingerprint density at radius 1 is 0.955 bits per heavy atom. The van der Waals surface area contributed by atoms with Gasteiger partial charge in [-0.3, -0.25) is 9.69 Å². The lowest BCUT2D eigenvalue weighted by Gasteiger charge is -2.13. The summed E-state index contributed by atoms with van der Waals surface area (Å²) in [6.45, 7) is 2.32. The number of imide groups is 1. The molecule has 2 aromatic rings. The van der Waals surface area contributed by atoms with Gasteiger partial charge in [-0.1, -0.05) is 60.2 Å². The first-order chi connectivity index (χ1) is 10.6. The highest BCUT2D eigenvalue weighted by Crippen LogP contribution is 2.15. The molecule has 112 valence electrons. The van der Waals surface area contributed by atoms with Crippen molar-refractivity contribution in [3.63, 3.8) is 0 Å². The van der Waals surface area contributed by atoms with E-state index in [4.69, 9.17) is 0 Å². The van der Waals surface area contributed by atoms with Crippen LogP contribution in [0.15, 0.2) is 54.6 Å². The van der Waals surface area contributed by atoms with E-state index >= 15 is 0 Å². The molecule has 0 spiro atoms. The predicted molar refractivity (Wildman–Crippen MR) is 84.2 cm³/mol. The lowest BCUT2D eigenvalue weighted by molar-refractivity contribution is -0.127. The standard InChI is InChI=1S/C18H18N2O2/c1-13-7-9-15(10-8-13)12-20-17(21)16(19-18(20)22)11-14-5-3-2-4-6-14/h2-10,16H,11-12H2,1H3,(H,19,22). The van der Waals surface area contributed by atoms with Crippen LogP contribution in [0.1, 0.15) is 16.7 Å². The monoisotopic (exact) mass is 294 g/mol. The van der Waals surface area contributed by atoms with E-state index in [1.165, 1.54) is 4.90 Å². The molecule has 1 heterocycles. The Hall–Kier alpha value is -2.62. The SMILES string of the molecule is Cc1ccc(CN2C(=O)NC(Cc3ccccc3)C2=O)cc1. The Bertz CT molecular complexity index is 680. The van der Waals surface area contributed by atoms with Crippen molar-refractivity contribution in [3.8, 4) is 0 Å². The van der Waals surface area contributed by atoms with E-state index in [0.29, 0.717) is 13.0 Å². The van der Waals surface area contributed by atoms with Gasteiger partial charge in [-0.05, 0) is 18.1 Å². The van der Waals surface area contributed by atoms with Crippen LogP contribution < -0.4 is 5.32 Å². The van der Waals surface area contributed by atoms with E-state index in [0.717, 1.165) is 16.7 Å². The quantitative estimate of drug-likeness (QED) is 0.881. The Morgan fingerprint density at radius 2 is 1.64 bits per heavy atom. The predicted octanol–water partition coefficient (Wildman–Crippen LogP) is 2.66. The van der Waals surface area contributed by atoms with Crippen molar-refractivity contribution >= 4 is 11.9 Å². The van der Waals surface area contributed by atoms with Gasteiger partial charge >= 0.3 is 6.03 Å². The maximum absolute atomic E-state index is 12.4. The third kappa shape index (κ3) is 3.01. The second kappa shape index (κ2) is 6.02. The number of carbonyl (C=O) groups is 2. The number of rotatable bonds is 4. The van der Waals surface area contributed by atoms with Crippen LogP contribution in [-0.4, -0.2) is 22.9 Å².